The molecular formula is C13H18FNO. The SMILES string of the molecule is COc1cc(NCC2CCCC2)ccc1F. The molecule has 88 valence electrons. The van der Waals surface area contributed by atoms with Crippen LogP contribution in [0.4, 0.5) is 10.1 Å². The Kier molecular flexibility index (Phi) is 3.65. The number of hydrogen-bond donors (Lipinski definition) is 1. The molecular weight excluding hydrogens is 205 g/mol. The summed E-state index contributed by atoms with van der Waals surface area (Å²) in [6.45, 7) is 0.981. The minimum Gasteiger partial charge on any atom is -0.494 e. The predicted octanol–water partition coefficient (Wildman–Crippen LogP) is 3.44. The van der Waals surface area contributed by atoms with Crippen molar-refractivity contribution in [1.29, 1.82) is 0 Å². The Morgan fingerprint density at radius 1 is 1.38 bits per heavy atom. The summed E-state index contributed by atoms with van der Waals surface area (Å²) < 4.78 is 18.1. The van der Waals surface area contributed by atoms with Crippen LogP contribution in [0.15, 0.2) is 18.2 Å². The minimum atomic E-state index is -0.311. The first-order valence-electron chi connectivity index (χ1n) is 5.87. The van der Waals surface area contributed by atoms with Crippen LogP contribution in [0.1, 0.15) is 25.7 Å². The van der Waals surface area contributed by atoms with Gasteiger partial charge in [0.2, 0.25) is 0 Å². The van der Waals surface area contributed by atoms with Crippen LogP contribution in [0.25, 0.3) is 0 Å². The number of ether oxygens (including phenoxy) is 1. The Bertz CT molecular complexity index is 348. The Hall–Kier alpha value is -1.25. The van der Waals surface area contributed by atoms with E-state index in [4.69, 9.17) is 4.74 Å². The van der Waals surface area contributed by atoms with E-state index < -0.39 is 0 Å². The molecule has 0 bridgehead atoms. The molecule has 1 aliphatic rings. The summed E-state index contributed by atoms with van der Waals surface area (Å²) in [6, 6.07) is 4.91. The zero-order valence-electron chi connectivity index (χ0n) is 9.63. The molecule has 0 radical (unpaired) electrons. The molecule has 3 heteroatoms. The van der Waals surface area contributed by atoms with Crippen LogP contribution in [0.3, 0.4) is 0 Å². The predicted molar refractivity (Wildman–Crippen MR) is 63.4 cm³/mol. The Labute approximate surface area is 95.8 Å². The van der Waals surface area contributed by atoms with Crippen molar-refractivity contribution in [3.8, 4) is 5.75 Å². The maximum absolute atomic E-state index is 13.2. The zero-order valence-corrected chi connectivity index (χ0v) is 9.63. The number of benzene rings is 1. The van der Waals surface area contributed by atoms with Crippen molar-refractivity contribution in [1.82, 2.24) is 0 Å². The van der Waals surface area contributed by atoms with Gasteiger partial charge in [-0.05, 0) is 30.9 Å². The van der Waals surface area contributed by atoms with Crippen molar-refractivity contribution < 1.29 is 9.13 Å². The van der Waals surface area contributed by atoms with Gasteiger partial charge in [0, 0.05) is 18.3 Å². The Morgan fingerprint density at radius 3 is 2.81 bits per heavy atom. The smallest absolute Gasteiger partial charge is 0.165 e. The first-order valence-corrected chi connectivity index (χ1v) is 5.87. The molecule has 1 N–H and O–H groups in total. The third-order valence-corrected chi connectivity index (χ3v) is 3.22. The van der Waals surface area contributed by atoms with Gasteiger partial charge in [-0.25, -0.2) is 4.39 Å². The fraction of sp³-hybridized carbons (Fsp3) is 0.538. The van der Waals surface area contributed by atoms with Crippen molar-refractivity contribution in [3.63, 3.8) is 0 Å². The lowest BCUT2D eigenvalue weighted by Crippen LogP contribution is -2.10. The molecule has 1 aromatic rings. The van der Waals surface area contributed by atoms with Gasteiger partial charge < -0.3 is 10.1 Å². The Balaban J connectivity index is 1.93. The van der Waals surface area contributed by atoms with Gasteiger partial charge in [0.15, 0.2) is 11.6 Å². The topological polar surface area (TPSA) is 21.3 Å². The lowest BCUT2D eigenvalue weighted by Gasteiger charge is -2.12. The summed E-state index contributed by atoms with van der Waals surface area (Å²) >= 11 is 0. The quantitative estimate of drug-likeness (QED) is 0.844. The molecule has 0 heterocycles. The second kappa shape index (κ2) is 5.19. The number of nitrogens with one attached hydrogen (secondary N) is 1. The van der Waals surface area contributed by atoms with Crippen molar-refractivity contribution in [2.75, 3.05) is 19.0 Å². The average Bonchev–Trinajstić information content (AvgIpc) is 2.81. The normalized spacial score (nSPS) is 16.4. The van der Waals surface area contributed by atoms with Crippen LogP contribution in [0.5, 0.6) is 5.75 Å². The van der Waals surface area contributed by atoms with Gasteiger partial charge in [0.25, 0.3) is 0 Å². The van der Waals surface area contributed by atoms with E-state index in [1.807, 2.05) is 0 Å². The van der Waals surface area contributed by atoms with E-state index in [1.54, 1.807) is 12.1 Å². The summed E-state index contributed by atoms with van der Waals surface area (Å²) in [6.07, 6.45) is 5.31. The van der Waals surface area contributed by atoms with Crippen LogP contribution in [-0.4, -0.2) is 13.7 Å². The van der Waals surface area contributed by atoms with Crippen molar-refractivity contribution in [3.05, 3.63) is 24.0 Å². The highest BCUT2D eigenvalue weighted by molar-refractivity contribution is 5.48. The van der Waals surface area contributed by atoms with Crippen LogP contribution >= 0.6 is 0 Å². The van der Waals surface area contributed by atoms with E-state index in [-0.39, 0.29) is 5.82 Å². The highest BCUT2D eigenvalue weighted by Gasteiger charge is 2.14. The molecule has 0 spiro atoms. The molecule has 0 atom stereocenters. The van der Waals surface area contributed by atoms with Gasteiger partial charge in [-0.1, -0.05) is 12.8 Å². The summed E-state index contributed by atoms with van der Waals surface area (Å²) in [5.74, 6) is 0.765. The molecule has 1 aliphatic carbocycles. The Morgan fingerprint density at radius 2 is 2.12 bits per heavy atom. The molecule has 0 amide bonds. The highest BCUT2D eigenvalue weighted by atomic mass is 19.1. The van der Waals surface area contributed by atoms with Crippen molar-refractivity contribution >= 4 is 5.69 Å². The summed E-state index contributed by atoms with van der Waals surface area (Å²) in [5.41, 5.74) is 0.935. The molecule has 0 aliphatic heterocycles. The van der Waals surface area contributed by atoms with Gasteiger partial charge >= 0.3 is 0 Å². The second-order valence-corrected chi connectivity index (χ2v) is 4.38. The fourth-order valence-corrected chi connectivity index (χ4v) is 2.25. The van der Waals surface area contributed by atoms with E-state index in [0.717, 1.165) is 18.2 Å². The number of anilines is 1. The molecule has 1 fully saturated rings. The standard InChI is InChI=1S/C13H18FNO/c1-16-13-8-11(6-7-12(13)14)15-9-10-4-2-3-5-10/h6-8,10,15H,2-5,9H2,1H3. The molecule has 1 saturated carbocycles. The van der Waals surface area contributed by atoms with E-state index >= 15 is 0 Å². The van der Waals surface area contributed by atoms with E-state index in [1.165, 1.54) is 38.9 Å². The van der Waals surface area contributed by atoms with Gasteiger partial charge in [0.1, 0.15) is 0 Å². The zero-order chi connectivity index (χ0) is 11.4. The van der Waals surface area contributed by atoms with Gasteiger partial charge in [-0.15, -0.1) is 0 Å². The summed E-state index contributed by atoms with van der Waals surface area (Å²) in [5, 5.41) is 3.34. The van der Waals surface area contributed by atoms with Crippen molar-refractivity contribution in [2.45, 2.75) is 25.7 Å². The monoisotopic (exact) mass is 223 g/mol. The van der Waals surface area contributed by atoms with Crippen LogP contribution in [0.2, 0.25) is 0 Å². The molecule has 0 aromatic heterocycles. The molecule has 1 aromatic carbocycles. The largest absolute Gasteiger partial charge is 0.494 e. The molecule has 0 unspecified atom stereocenters. The molecule has 2 rings (SSSR count). The lowest BCUT2D eigenvalue weighted by molar-refractivity contribution is 0.387. The first-order chi connectivity index (χ1) is 7.79. The van der Waals surface area contributed by atoms with Gasteiger partial charge in [0.05, 0.1) is 7.11 Å². The molecule has 2 nitrogen and oxygen atoms in total. The van der Waals surface area contributed by atoms with E-state index in [0.29, 0.717) is 5.75 Å². The average molecular weight is 223 g/mol. The number of rotatable bonds is 4. The third kappa shape index (κ3) is 2.65. The summed E-state index contributed by atoms with van der Waals surface area (Å²) in [4.78, 5) is 0. The third-order valence-electron chi connectivity index (χ3n) is 3.22. The van der Waals surface area contributed by atoms with Crippen LogP contribution in [0, 0.1) is 11.7 Å². The lowest BCUT2D eigenvalue weighted by atomic mass is 10.1. The second-order valence-electron chi connectivity index (χ2n) is 4.38. The molecule has 16 heavy (non-hydrogen) atoms. The van der Waals surface area contributed by atoms with Crippen LogP contribution in [-0.2, 0) is 0 Å². The van der Waals surface area contributed by atoms with E-state index in [9.17, 15) is 4.39 Å². The van der Waals surface area contributed by atoms with Gasteiger partial charge in [-0.2, -0.15) is 0 Å². The first kappa shape index (κ1) is 11.2. The number of halogens is 1. The minimum absolute atomic E-state index is 0.302. The van der Waals surface area contributed by atoms with Crippen molar-refractivity contribution in [2.24, 2.45) is 5.92 Å². The summed E-state index contributed by atoms with van der Waals surface area (Å²) in [7, 11) is 1.49. The maximum Gasteiger partial charge on any atom is 0.165 e. The van der Waals surface area contributed by atoms with Gasteiger partial charge in [-0.3, -0.25) is 0 Å². The number of methoxy groups -OCH3 is 1. The fourth-order valence-electron chi connectivity index (χ4n) is 2.25. The van der Waals surface area contributed by atoms with Crippen LogP contribution < -0.4 is 10.1 Å². The van der Waals surface area contributed by atoms with E-state index in [2.05, 4.69) is 5.32 Å². The maximum atomic E-state index is 13.2. The highest BCUT2D eigenvalue weighted by Crippen LogP contribution is 2.26. The molecule has 0 saturated heterocycles. The number of hydrogen-bond acceptors (Lipinski definition) is 2.